The van der Waals surface area contributed by atoms with Gasteiger partial charge >= 0.3 is 6.18 Å². The highest BCUT2D eigenvalue weighted by Gasteiger charge is 2.51. The fraction of sp³-hybridized carbons (Fsp3) is 0.176. The Morgan fingerprint density at radius 2 is 1.38 bits per heavy atom. The molecule has 1 aliphatic carbocycles. The highest BCUT2D eigenvalue weighted by Crippen LogP contribution is 2.58. The lowest BCUT2D eigenvalue weighted by Gasteiger charge is -2.47. The first-order chi connectivity index (χ1) is 20.2. The van der Waals surface area contributed by atoms with Crippen LogP contribution in [-0.2, 0) is 11.0 Å². The summed E-state index contributed by atoms with van der Waals surface area (Å²) in [7, 11) is 0. The lowest BCUT2D eigenvalue weighted by molar-refractivity contribution is -0.137. The molecule has 0 saturated carbocycles. The van der Waals surface area contributed by atoms with Crippen molar-refractivity contribution in [2.75, 3.05) is 0 Å². The Morgan fingerprint density at radius 1 is 0.786 bits per heavy atom. The van der Waals surface area contributed by atoms with Gasteiger partial charge in [-0.05, 0) is 64.7 Å². The van der Waals surface area contributed by atoms with Crippen molar-refractivity contribution in [3.63, 3.8) is 0 Å². The molecule has 0 N–H and O–H groups in total. The Hall–Kier alpha value is -3.87. The number of benzene rings is 4. The van der Waals surface area contributed by atoms with E-state index in [1.807, 2.05) is 42.5 Å². The summed E-state index contributed by atoms with van der Waals surface area (Å²) >= 11 is 12.3. The number of carbonyl (C=O) groups is 2. The average Bonchev–Trinajstić information content (AvgIpc) is 3.00. The Labute approximate surface area is 250 Å². The predicted molar refractivity (Wildman–Crippen MR) is 155 cm³/mol. The highest BCUT2D eigenvalue weighted by molar-refractivity contribution is 6.30. The molecule has 42 heavy (non-hydrogen) atoms. The Kier molecular flexibility index (Phi) is 7.46. The summed E-state index contributed by atoms with van der Waals surface area (Å²) in [6.45, 7) is 0. The van der Waals surface area contributed by atoms with Gasteiger partial charge in [-0.15, -0.1) is 0 Å². The monoisotopic (exact) mass is 606 g/mol. The second-order valence-corrected chi connectivity index (χ2v) is 11.4. The van der Waals surface area contributed by atoms with Crippen LogP contribution < -0.4 is 4.74 Å². The minimum atomic E-state index is -4.54. The summed E-state index contributed by atoms with van der Waals surface area (Å²) in [5.74, 6) is -2.17. The highest BCUT2D eigenvalue weighted by atomic mass is 35.5. The molecule has 0 fully saturated rings. The first kappa shape index (κ1) is 28.3. The number of Topliss-reactive ketones (excluding diaryl/α,β-unsaturated/α-hetero) is 1. The molecule has 2 aliphatic rings. The summed E-state index contributed by atoms with van der Waals surface area (Å²) in [5.41, 5.74) is 1.99. The minimum absolute atomic E-state index is 0.130. The van der Waals surface area contributed by atoms with E-state index in [1.54, 1.807) is 36.4 Å². The molecule has 4 aromatic rings. The predicted octanol–water partition coefficient (Wildman–Crippen LogP) is 9.27. The molecule has 5 atom stereocenters. The number of ether oxygens (including phenoxy) is 1. The summed E-state index contributed by atoms with van der Waals surface area (Å²) in [6, 6.07) is 25.8. The second kappa shape index (κ2) is 11.1. The molecule has 0 amide bonds. The zero-order valence-corrected chi connectivity index (χ0v) is 23.4. The molecule has 3 nitrogen and oxygen atoms in total. The minimum Gasteiger partial charge on any atom is -0.485 e. The number of fused-ring (bicyclic) bond motifs is 3. The summed E-state index contributed by atoms with van der Waals surface area (Å²) in [4.78, 5) is 27.2. The largest absolute Gasteiger partial charge is 0.485 e. The molecular formula is C34H23Cl2F3O3. The first-order valence-electron chi connectivity index (χ1n) is 13.3. The average molecular weight is 607 g/mol. The third-order valence-electron chi connectivity index (χ3n) is 8.15. The van der Waals surface area contributed by atoms with Gasteiger partial charge in [-0.25, -0.2) is 0 Å². The van der Waals surface area contributed by atoms with E-state index in [0.717, 1.165) is 29.5 Å². The molecule has 0 spiro atoms. The van der Waals surface area contributed by atoms with E-state index in [4.69, 9.17) is 27.9 Å². The Morgan fingerprint density at radius 3 is 1.98 bits per heavy atom. The molecule has 0 bridgehead atoms. The van der Waals surface area contributed by atoms with Crippen molar-refractivity contribution in [2.24, 2.45) is 11.8 Å². The van der Waals surface area contributed by atoms with Gasteiger partial charge in [0.05, 0.1) is 5.56 Å². The van der Waals surface area contributed by atoms with Gasteiger partial charge in [0.25, 0.3) is 0 Å². The number of carbonyl (C=O) groups excluding carboxylic acids is 2. The smallest absolute Gasteiger partial charge is 0.416 e. The van der Waals surface area contributed by atoms with Gasteiger partial charge in [0.1, 0.15) is 18.1 Å². The maximum atomic E-state index is 14.5. The zero-order valence-electron chi connectivity index (χ0n) is 21.9. The number of ketones is 1. The fourth-order valence-corrected chi connectivity index (χ4v) is 6.55. The number of hydrogen-bond acceptors (Lipinski definition) is 3. The van der Waals surface area contributed by atoms with Crippen molar-refractivity contribution in [2.45, 2.75) is 24.1 Å². The van der Waals surface area contributed by atoms with Gasteiger partial charge in [-0.1, -0.05) is 83.9 Å². The van der Waals surface area contributed by atoms with Crippen LogP contribution in [0.3, 0.4) is 0 Å². The van der Waals surface area contributed by atoms with Gasteiger partial charge in [0.15, 0.2) is 5.78 Å². The maximum Gasteiger partial charge on any atom is 0.416 e. The van der Waals surface area contributed by atoms with E-state index in [0.29, 0.717) is 26.9 Å². The topological polar surface area (TPSA) is 43.4 Å². The van der Waals surface area contributed by atoms with E-state index in [2.05, 4.69) is 0 Å². The van der Waals surface area contributed by atoms with E-state index in [-0.39, 0.29) is 11.3 Å². The van der Waals surface area contributed by atoms with E-state index in [9.17, 15) is 22.8 Å². The van der Waals surface area contributed by atoms with Crippen LogP contribution in [0.4, 0.5) is 13.2 Å². The maximum absolute atomic E-state index is 14.5. The molecular weight excluding hydrogens is 584 g/mol. The number of halogens is 5. The molecule has 8 heteroatoms. The molecule has 1 heterocycles. The van der Waals surface area contributed by atoms with Crippen LogP contribution in [0, 0.1) is 11.8 Å². The standard InChI is InChI=1S/C34H23Cl2F3O3/c35-24-13-7-19(8-14-24)29-22(18-40)17-27-30(31(29)32(41)20-5-11-23(12-6-20)34(37,38)39)26-3-1-2-4-28(26)42-33(27)21-9-15-25(36)16-10-21/h1-18,27,29-31,33H/t27-,29-,30-,31+,33-/m0/s1. The van der Waals surface area contributed by atoms with Crippen molar-refractivity contribution >= 4 is 35.3 Å². The van der Waals surface area contributed by atoms with Crippen LogP contribution in [0.1, 0.15) is 50.6 Å². The molecule has 212 valence electrons. The zero-order chi connectivity index (χ0) is 29.6. The molecule has 4 aromatic carbocycles. The number of allylic oxidation sites excluding steroid dienone is 1. The number of para-hydroxylation sites is 1. The lowest BCUT2D eigenvalue weighted by Crippen LogP contribution is -2.42. The second-order valence-electron chi connectivity index (χ2n) is 10.5. The van der Waals surface area contributed by atoms with E-state index in [1.165, 1.54) is 12.1 Å². The van der Waals surface area contributed by atoms with E-state index >= 15 is 0 Å². The molecule has 0 saturated heterocycles. The number of alkyl halides is 3. The molecule has 0 aromatic heterocycles. The van der Waals surface area contributed by atoms with Crippen molar-refractivity contribution in [1.29, 1.82) is 0 Å². The quantitative estimate of drug-likeness (QED) is 0.168. The number of hydrogen-bond donors (Lipinski definition) is 0. The fourth-order valence-electron chi connectivity index (χ4n) is 6.29. The van der Waals surface area contributed by atoms with Gasteiger partial charge in [-0.2, -0.15) is 13.2 Å². The molecule has 1 aliphatic heterocycles. The third-order valence-corrected chi connectivity index (χ3v) is 8.65. The van der Waals surface area contributed by atoms with Crippen molar-refractivity contribution in [3.8, 4) is 5.75 Å². The van der Waals surface area contributed by atoms with Crippen LogP contribution in [0.15, 0.2) is 109 Å². The van der Waals surface area contributed by atoms with Gasteiger partial charge < -0.3 is 4.74 Å². The van der Waals surface area contributed by atoms with Crippen molar-refractivity contribution in [3.05, 3.63) is 147 Å². The molecule has 0 radical (unpaired) electrons. The van der Waals surface area contributed by atoms with Gasteiger partial charge in [0, 0.05) is 39.3 Å². The van der Waals surface area contributed by atoms with Crippen molar-refractivity contribution in [1.82, 2.24) is 0 Å². The number of aldehydes is 1. The normalized spacial score (nSPS) is 23.2. The van der Waals surface area contributed by atoms with Crippen LogP contribution in [0.2, 0.25) is 10.0 Å². The lowest BCUT2D eigenvalue weighted by atomic mass is 9.58. The Bertz CT molecular complexity index is 1660. The van der Waals surface area contributed by atoms with Crippen LogP contribution in [-0.4, -0.2) is 12.1 Å². The molecule has 0 unspecified atom stereocenters. The first-order valence-corrected chi connectivity index (χ1v) is 14.1. The summed E-state index contributed by atoms with van der Waals surface area (Å²) < 4.78 is 46.5. The van der Waals surface area contributed by atoms with Crippen molar-refractivity contribution < 1.29 is 27.5 Å². The van der Waals surface area contributed by atoms with Gasteiger partial charge in [0.2, 0.25) is 0 Å². The van der Waals surface area contributed by atoms with Crippen LogP contribution in [0.25, 0.3) is 0 Å². The molecule has 6 rings (SSSR count). The SMILES string of the molecule is O=CC1=C[C@H]2[C@H](c3ccccc3O[C@H]2c2ccc(Cl)cc2)[C@H](C(=O)c2ccc(C(F)(F)F)cc2)[C@H]1c1ccc(Cl)cc1. The van der Waals surface area contributed by atoms with Gasteiger partial charge in [-0.3, -0.25) is 9.59 Å². The number of rotatable bonds is 5. The summed E-state index contributed by atoms with van der Waals surface area (Å²) in [6.07, 6.45) is -2.46. The van der Waals surface area contributed by atoms with Crippen LogP contribution in [0.5, 0.6) is 5.75 Å². The van der Waals surface area contributed by atoms with Crippen LogP contribution >= 0.6 is 23.2 Å². The summed E-state index contributed by atoms with van der Waals surface area (Å²) in [5, 5.41) is 1.05. The van der Waals surface area contributed by atoms with E-state index < -0.39 is 41.5 Å². The Balaban J connectivity index is 1.57. The third kappa shape index (κ3) is 5.14.